The number of aryl methyl sites for hydroxylation is 3. The molecule has 2 aromatic carbocycles. The van der Waals surface area contributed by atoms with Crippen LogP contribution in [0.2, 0.25) is 0 Å². The Labute approximate surface area is 153 Å². The highest BCUT2D eigenvalue weighted by molar-refractivity contribution is 7.90. The van der Waals surface area contributed by atoms with Crippen LogP contribution in [-0.4, -0.2) is 25.5 Å². The fraction of sp³-hybridized carbons (Fsp3) is 0.250. The number of fused-ring (bicyclic) bond motifs is 1. The first-order valence-corrected chi connectivity index (χ1v) is 9.76. The molecular weight excluding hydrogens is 350 g/mol. The molecule has 1 aromatic heterocycles. The van der Waals surface area contributed by atoms with Crippen molar-refractivity contribution in [2.75, 3.05) is 7.11 Å². The molecule has 0 saturated carbocycles. The van der Waals surface area contributed by atoms with Crippen molar-refractivity contribution in [2.45, 2.75) is 31.6 Å². The number of methoxy groups -OCH3 is 1. The number of hydrogen-bond acceptors (Lipinski definition) is 4. The normalized spacial score (nSPS) is 11.7. The van der Waals surface area contributed by atoms with Crippen molar-refractivity contribution < 1.29 is 17.9 Å². The first kappa shape index (κ1) is 18.2. The molecule has 26 heavy (non-hydrogen) atoms. The highest BCUT2D eigenvalue weighted by Gasteiger charge is 2.20. The summed E-state index contributed by atoms with van der Waals surface area (Å²) in [6, 6.07) is 12.5. The molecule has 0 fully saturated rings. The standard InChI is InChI=1S/C20H21NO4S/c1-14-4-8-17(9-5-14)26(23,24)21-13-15(2)18-10-6-16(12-19(18)21)7-11-20(22)25-3/h4-6,8-10,12-13H,7,11H2,1-3H3. The van der Waals surface area contributed by atoms with E-state index in [1.54, 1.807) is 30.5 Å². The van der Waals surface area contributed by atoms with Gasteiger partial charge in [0.1, 0.15) is 0 Å². The van der Waals surface area contributed by atoms with Crippen molar-refractivity contribution in [2.24, 2.45) is 0 Å². The largest absolute Gasteiger partial charge is 0.469 e. The Morgan fingerprint density at radius 3 is 2.42 bits per heavy atom. The molecule has 0 N–H and O–H groups in total. The van der Waals surface area contributed by atoms with E-state index < -0.39 is 10.0 Å². The van der Waals surface area contributed by atoms with Crippen LogP contribution in [-0.2, 0) is 26.0 Å². The van der Waals surface area contributed by atoms with Crippen LogP contribution < -0.4 is 0 Å². The van der Waals surface area contributed by atoms with E-state index in [2.05, 4.69) is 4.74 Å². The van der Waals surface area contributed by atoms with Crippen LogP contribution in [0.1, 0.15) is 23.1 Å². The van der Waals surface area contributed by atoms with E-state index in [9.17, 15) is 13.2 Å². The summed E-state index contributed by atoms with van der Waals surface area (Å²) in [6.07, 6.45) is 2.40. The maximum Gasteiger partial charge on any atom is 0.305 e. The summed E-state index contributed by atoms with van der Waals surface area (Å²) in [5.74, 6) is -0.288. The molecule has 0 bridgehead atoms. The Balaban J connectivity index is 2.07. The highest BCUT2D eigenvalue weighted by Crippen LogP contribution is 2.27. The Hall–Kier alpha value is -2.60. The van der Waals surface area contributed by atoms with Gasteiger partial charge < -0.3 is 4.74 Å². The number of hydrogen-bond donors (Lipinski definition) is 0. The number of esters is 1. The lowest BCUT2D eigenvalue weighted by Crippen LogP contribution is -2.12. The molecule has 0 radical (unpaired) electrons. The lowest BCUT2D eigenvalue weighted by atomic mass is 10.1. The maximum absolute atomic E-state index is 13.1. The van der Waals surface area contributed by atoms with Gasteiger partial charge in [0, 0.05) is 18.0 Å². The molecule has 1 heterocycles. The summed E-state index contributed by atoms with van der Waals surface area (Å²) >= 11 is 0. The smallest absolute Gasteiger partial charge is 0.305 e. The minimum atomic E-state index is -3.69. The SMILES string of the molecule is COC(=O)CCc1ccc2c(C)cn(S(=O)(=O)c3ccc(C)cc3)c2c1. The zero-order chi connectivity index (χ0) is 18.9. The lowest BCUT2D eigenvalue weighted by Gasteiger charge is -2.09. The van der Waals surface area contributed by atoms with Crippen molar-refractivity contribution in [1.82, 2.24) is 3.97 Å². The molecule has 0 unspecified atom stereocenters. The second-order valence-electron chi connectivity index (χ2n) is 6.35. The fourth-order valence-electron chi connectivity index (χ4n) is 2.93. The average molecular weight is 371 g/mol. The van der Waals surface area contributed by atoms with Crippen LogP contribution in [0.5, 0.6) is 0 Å². The van der Waals surface area contributed by atoms with Gasteiger partial charge in [-0.15, -0.1) is 0 Å². The third-order valence-corrected chi connectivity index (χ3v) is 6.15. The van der Waals surface area contributed by atoms with Crippen LogP contribution in [0.4, 0.5) is 0 Å². The number of aromatic nitrogens is 1. The number of nitrogens with zero attached hydrogens (tertiary/aromatic N) is 1. The van der Waals surface area contributed by atoms with Gasteiger partial charge in [-0.05, 0) is 49.6 Å². The molecule has 0 atom stereocenters. The van der Waals surface area contributed by atoms with Crippen LogP contribution in [0.15, 0.2) is 53.6 Å². The van der Waals surface area contributed by atoms with Gasteiger partial charge in [0.15, 0.2) is 0 Å². The molecule has 0 amide bonds. The molecule has 0 aliphatic heterocycles. The second-order valence-corrected chi connectivity index (χ2v) is 8.17. The van der Waals surface area contributed by atoms with Crippen LogP contribution in [0, 0.1) is 13.8 Å². The van der Waals surface area contributed by atoms with Gasteiger partial charge >= 0.3 is 5.97 Å². The summed E-state index contributed by atoms with van der Waals surface area (Å²) in [5, 5.41) is 0.877. The van der Waals surface area contributed by atoms with Gasteiger partial charge in [0.25, 0.3) is 10.0 Å². The van der Waals surface area contributed by atoms with Gasteiger partial charge in [-0.25, -0.2) is 12.4 Å². The van der Waals surface area contributed by atoms with Crippen molar-refractivity contribution >= 4 is 26.9 Å². The molecule has 5 nitrogen and oxygen atoms in total. The van der Waals surface area contributed by atoms with Crippen LogP contribution in [0.3, 0.4) is 0 Å². The molecule has 136 valence electrons. The van der Waals surface area contributed by atoms with Gasteiger partial charge in [-0.3, -0.25) is 4.79 Å². The van der Waals surface area contributed by atoms with E-state index in [-0.39, 0.29) is 17.3 Å². The molecule has 0 aliphatic carbocycles. The maximum atomic E-state index is 13.1. The Kier molecular flexibility index (Phi) is 4.87. The van der Waals surface area contributed by atoms with Crippen molar-refractivity contribution in [3.63, 3.8) is 0 Å². The molecular formula is C20H21NO4S. The van der Waals surface area contributed by atoms with Crippen molar-refractivity contribution in [3.05, 3.63) is 65.4 Å². The molecule has 0 spiro atoms. The van der Waals surface area contributed by atoms with Crippen LogP contribution in [0.25, 0.3) is 10.9 Å². The minimum absolute atomic E-state index is 0.250. The third kappa shape index (κ3) is 3.37. The van der Waals surface area contributed by atoms with E-state index in [1.807, 2.05) is 32.0 Å². The zero-order valence-corrected chi connectivity index (χ0v) is 15.8. The number of ether oxygens (including phenoxy) is 1. The van der Waals surface area contributed by atoms with Gasteiger partial charge in [0.05, 0.1) is 17.5 Å². The molecule has 3 rings (SSSR count). The first-order chi connectivity index (χ1) is 12.3. The Morgan fingerprint density at radius 1 is 1.08 bits per heavy atom. The molecule has 6 heteroatoms. The van der Waals surface area contributed by atoms with Crippen molar-refractivity contribution in [1.29, 1.82) is 0 Å². The van der Waals surface area contributed by atoms with Gasteiger partial charge in [-0.1, -0.05) is 29.8 Å². The van der Waals surface area contributed by atoms with E-state index in [0.717, 1.165) is 22.1 Å². The summed E-state index contributed by atoms with van der Waals surface area (Å²) in [5.41, 5.74) is 3.39. The van der Waals surface area contributed by atoms with E-state index >= 15 is 0 Å². The predicted molar refractivity (Wildman–Crippen MR) is 101 cm³/mol. The monoisotopic (exact) mass is 371 g/mol. The van der Waals surface area contributed by atoms with Crippen molar-refractivity contribution in [3.8, 4) is 0 Å². The number of carbonyl (C=O) groups excluding carboxylic acids is 1. The van der Waals surface area contributed by atoms with E-state index in [4.69, 9.17) is 0 Å². The molecule has 0 aliphatic rings. The minimum Gasteiger partial charge on any atom is -0.469 e. The summed E-state index contributed by atoms with van der Waals surface area (Å²) < 4.78 is 32.2. The fourth-order valence-corrected chi connectivity index (χ4v) is 4.35. The summed E-state index contributed by atoms with van der Waals surface area (Å²) in [7, 11) is -2.33. The summed E-state index contributed by atoms with van der Waals surface area (Å²) in [4.78, 5) is 11.6. The van der Waals surface area contributed by atoms with Gasteiger partial charge in [-0.2, -0.15) is 0 Å². The quantitative estimate of drug-likeness (QED) is 0.643. The third-order valence-electron chi connectivity index (χ3n) is 4.46. The molecule has 3 aromatic rings. The summed E-state index contributed by atoms with van der Waals surface area (Å²) in [6.45, 7) is 3.80. The Morgan fingerprint density at radius 2 is 1.77 bits per heavy atom. The number of benzene rings is 2. The lowest BCUT2D eigenvalue weighted by molar-refractivity contribution is -0.140. The second kappa shape index (κ2) is 6.96. The predicted octanol–water partition coefficient (Wildman–Crippen LogP) is 3.60. The topological polar surface area (TPSA) is 65.4 Å². The average Bonchev–Trinajstić information content (AvgIpc) is 2.97. The highest BCUT2D eigenvalue weighted by atomic mass is 32.2. The van der Waals surface area contributed by atoms with Gasteiger partial charge in [0.2, 0.25) is 0 Å². The zero-order valence-electron chi connectivity index (χ0n) is 15.0. The molecule has 0 saturated heterocycles. The first-order valence-electron chi connectivity index (χ1n) is 8.32. The van der Waals surface area contributed by atoms with E-state index in [1.165, 1.54) is 11.1 Å². The van der Waals surface area contributed by atoms with Crippen LogP contribution >= 0.6 is 0 Å². The number of rotatable bonds is 5. The van der Waals surface area contributed by atoms with E-state index in [0.29, 0.717) is 11.9 Å². The Bertz CT molecular complexity index is 1060. The number of carbonyl (C=O) groups is 1.